The van der Waals surface area contributed by atoms with Crippen molar-refractivity contribution >= 4 is 21.7 Å². The molecule has 0 amide bonds. The number of rotatable bonds is 4. The zero-order chi connectivity index (χ0) is 11.3. The smallest absolute Gasteiger partial charge is 0.133 e. The van der Waals surface area contributed by atoms with Crippen molar-refractivity contribution in [3.8, 4) is 6.07 Å². The quantitative estimate of drug-likeness (QED) is 0.786. The van der Waals surface area contributed by atoms with Crippen LogP contribution in [0.2, 0.25) is 0 Å². The minimum atomic E-state index is -0.00121. The molecule has 1 aromatic heterocycles. The maximum Gasteiger partial charge on any atom is 0.133 e. The lowest BCUT2D eigenvalue weighted by Gasteiger charge is -2.22. The summed E-state index contributed by atoms with van der Waals surface area (Å²) in [6.45, 7) is 5.46. The van der Waals surface area contributed by atoms with Gasteiger partial charge in [0.1, 0.15) is 16.7 Å². The number of hydrogen-bond donors (Lipinski definition) is 0. The average Bonchev–Trinajstić information content (AvgIpc) is 2.25. The van der Waals surface area contributed by atoms with Crippen LogP contribution in [0.15, 0.2) is 17.0 Å². The first-order valence-corrected chi connectivity index (χ1v) is 5.58. The predicted molar refractivity (Wildman–Crippen MR) is 62.4 cm³/mol. The minimum Gasteiger partial charge on any atom is -0.355 e. The van der Waals surface area contributed by atoms with Gasteiger partial charge in [0.2, 0.25) is 0 Å². The maximum absolute atomic E-state index is 8.76. The molecule has 0 fully saturated rings. The highest BCUT2D eigenvalue weighted by atomic mass is 79.9. The fourth-order valence-electron chi connectivity index (χ4n) is 1.25. The number of nitriles is 1. The van der Waals surface area contributed by atoms with Crippen LogP contribution in [-0.2, 0) is 0 Å². The number of aromatic nitrogens is 2. The topological polar surface area (TPSA) is 52.8 Å². The second kappa shape index (κ2) is 5.66. The van der Waals surface area contributed by atoms with Crippen molar-refractivity contribution in [2.45, 2.75) is 13.8 Å². The predicted octanol–water partition coefficient (Wildman–Crippen LogP) is 2.23. The van der Waals surface area contributed by atoms with E-state index in [1.807, 2.05) is 19.9 Å². The van der Waals surface area contributed by atoms with Crippen LogP contribution in [0.5, 0.6) is 0 Å². The van der Waals surface area contributed by atoms with Gasteiger partial charge in [0.15, 0.2) is 0 Å². The van der Waals surface area contributed by atoms with E-state index in [0.717, 1.165) is 17.0 Å². The van der Waals surface area contributed by atoms with Crippen LogP contribution in [0.25, 0.3) is 0 Å². The van der Waals surface area contributed by atoms with Gasteiger partial charge in [-0.3, -0.25) is 0 Å². The van der Waals surface area contributed by atoms with Crippen LogP contribution in [-0.4, -0.2) is 23.1 Å². The van der Waals surface area contributed by atoms with Gasteiger partial charge < -0.3 is 4.90 Å². The minimum absolute atomic E-state index is 0.00121. The number of hydrogen-bond acceptors (Lipinski definition) is 4. The SMILES string of the molecule is CCN(CC(C)C#N)c1cc(Br)ncn1. The highest BCUT2D eigenvalue weighted by Crippen LogP contribution is 2.15. The normalized spacial score (nSPS) is 11.9. The summed E-state index contributed by atoms with van der Waals surface area (Å²) >= 11 is 3.30. The van der Waals surface area contributed by atoms with Gasteiger partial charge in [-0.05, 0) is 29.8 Å². The summed E-state index contributed by atoms with van der Waals surface area (Å²) in [6.07, 6.45) is 1.51. The van der Waals surface area contributed by atoms with Crippen molar-refractivity contribution in [3.05, 3.63) is 17.0 Å². The second-order valence-electron chi connectivity index (χ2n) is 3.27. The molecular formula is C10H13BrN4. The van der Waals surface area contributed by atoms with Crippen LogP contribution in [0.4, 0.5) is 5.82 Å². The van der Waals surface area contributed by atoms with Crippen LogP contribution in [0.1, 0.15) is 13.8 Å². The number of nitrogens with zero attached hydrogens (tertiary/aromatic N) is 4. The standard InChI is InChI=1S/C10H13BrN4/c1-3-15(6-8(2)5-12)10-4-9(11)13-7-14-10/h4,7-8H,3,6H2,1-2H3. The molecule has 0 aromatic carbocycles. The van der Waals surface area contributed by atoms with Crippen LogP contribution in [0, 0.1) is 17.2 Å². The molecule has 15 heavy (non-hydrogen) atoms. The highest BCUT2D eigenvalue weighted by Gasteiger charge is 2.10. The fourth-order valence-corrected chi connectivity index (χ4v) is 1.55. The Hall–Kier alpha value is -1.15. The van der Waals surface area contributed by atoms with E-state index in [0.29, 0.717) is 6.54 Å². The van der Waals surface area contributed by atoms with Crippen molar-refractivity contribution in [3.63, 3.8) is 0 Å². The van der Waals surface area contributed by atoms with Gasteiger partial charge in [-0.1, -0.05) is 0 Å². The molecule has 0 aliphatic carbocycles. The summed E-state index contributed by atoms with van der Waals surface area (Å²) in [4.78, 5) is 10.2. The third kappa shape index (κ3) is 3.48. The van der Waals surface area contributed by atoms with Crippen molar-refractivity contribution in [1.82, 2.24) is 9.97 Å². The van der Waals surface area contributed by atoms with E-state index in [2.05, 4.69) is 36.9 Å². The van der Waals surface area contributed by atoms with Crippen LogP contribution in [0.3, 0.4) is 0 Å². The van der Waals surface area contributed by atoms with E-state index in [9.17, 15) is 0 Å². The van der Waals surface area contributed by atoms with Gasteiger partial charge in [0, 0.05) is 19.2 Å². The molecule has 0 N–H and O–H groups in total. The van der Waals surface area contributed by atoms with Gasteiger partial charge in [-0.25, -0.2) is 9.97 Å². The van der Waals surface area contributed by atoms with E-state index in [1.54, 1.807) is 0 Å². The average molecular weight is 269 g/mol. The van der Waals surface area contributed by atoms with Gasteiger partial charge in [-0.2, -0.15) is 5.26 Å². The summed E-state index contributed by atoms with van der Waals surface area (Å²) in [6, 6.07) is 4.07. The molecule has 1 unspecified atom stereocenters. The lowest BCUT2D eigenvalue weighted by molar-refractivity contribution is 0.678. The van der Waals surface area contributed by atoms with E-state index in [4.69, 9.17) is 5.26 Å². The third-order valence-electron chi connectivity index (χ3n) is 2.04. The molecule has 5 heteroatoms. The summed E-state index contributed by atoms with van der Waals surface area (Å²) in [5.74, 6) is 0.847. The summed E-state index contributed by atoms with van der Waals surface area (Å²) in [5.41, 5.74) is 0. The number of halogens is 1. The van der Waals surface area contributed by atoms with Crippen LogP contribution >= 0.6 is 15.9 Å². The van der Waals surface area contributed by atoms with E-state index in [-0.39, 0.29) is 5.92 Å². The first-order valence-electron chi connectivity index (χ1n) is 4.79. The molecule has 0 bridgehead atoms. The molecule has 1 heterocycles. The molecular weight excluding hydrogens is 256 g/mol. The lowest BCUT2D eigenvalue weighted by atomic mass is 10.2. The molecule has 4 nitrogen and oxygen atoms in total. The Morgan fingerprint density at radius 3 is 2.87 bits per heavy atom. The maximum atomic E-state index is 8.76. The molecule has 0 aliphatic rings. The molecule has 0 radical (unpaired) electrons. The first kappa shape index (κ1) is 11.9. The molecule has 0 spiro atoms. The van der Waals surface area contributed by atoms with Crippen molar-refractivity contribution in [1.29, 1.82) is 5.26 Å². The number of anilines is 1. The molecule has 0 saturated heterocycles. The molecule has 0 aliphatic heterocycles. The van der Waals surface area contributed by atoms with E-state index < -0.39 is 0 Å². The Labute approximate surface area is 98.1 Å². The Bertz CT molecular complexity index is 361. The van der Waals surface area contributed by atoms with Gasteiger partial charge in [-0.15, -0.1) is 0 Å². The first-order chi connectivity index (χ1) is 7.17. The fraction of sp³-hybridized carbons (Fsp3) is 0.500. The second-order valence-corrected chi connectivity index (χ2v) is 4.08. The van der Waals surface area contributed by atoms with E-state index in [1.165, 1.54) is 6.33 Å². The summed E-state index contributed by atoms with van der Waals surface area (Å²) in [7, 11) is 0. The Morgan fingerprint density at radius 1 is 1.60 bits per heavy atom. The molecule has 1 rings (SSSR count). The Kier molecular flexibility index (Phi) is 4.50. The zero-order valence-corrected chi connectivity index (χ0v) is 10.4. The van der Waals surface area contributed by atoms with Crippen LogP contribution < -0.4 is 4.90 Å². The third-order valence-corrected chi connectivity index (χ3v) is 2.47. The Balaban J connectivity index is 2.79. The Morgan fingerprint density at radius 2 is 2.33 bits per heavy atom. The zero-order valence-electron chi connectivity index (χ0n) is 8.81. The molecule has 1 atom stereocenters. The monoisotopic (exact) mass is 268 g/mol. The van der Waals surface area contributed by atoms with Gasteiger partial charge >= 0.3 is 0 Å². The largest absolute Gasteiger partial charge is 0.355 e. The summed E-state index contributed by atoms with van der Waals surface area (Å²) in [5, 5.41) is 8.76. The van der Waals surface area contributed by atoms with Gasteiger partial charge in [0.25, 0.3) is 0 Å². The lowest BCUT2D eigenvalue weighted by Crippen LogP contribution is -2.28. The van der Waals surface area contributed by atoms with E-state index >= 15 is 0 Å². The van der Waals surface area contributed by atoms with Gasteiger partial charge in [0.05, 0.1) is 12.0 Å². The molecule has 1 aromatic rings. The summed E-state index contributed by atoms with van der Waals surface area (Å²) < 4.78 is 0.760. The van der Waals surface area contributed by atoms with Crippen molar-refractivity contribution in [2.24, 2.45) is 5.92 Å². The van der Waals surface area contributed by atoms with Crippen molar-refractivity contribution < 1.29 is 0 Å². The molecule has 0 saturated carbocycles. The van der Waals surface area contributed by atoms with Crippen molar-refractivity contribution in [2.75, 3.05) is 18.0 Å². The highest BCUT2D eigenvalue weighted by molar-refractivity contribution is 9.10. The molecule has 80 valence electrons.